The molecule has 0 bridgehead atoms. The number of aromatic amines is 1. The van der Waals surface area contributed by atoms with Crippen molar-refractivity contribution in [2.75, 3.05) is 11.9 Å². The molecule has 4 atom stereocenters. The van der Waals surface area contributed by atoms with Gasteiger partial charge in [-0.15, -0.1) is 0 Å². The zero-order chi connectivity index (χ0) is 20.7. The Kier molecular flexibility index (Phi) is 4.73. The van der Waals surface area contributed by atoms with Crippen molar-refractivity contribution in [3.05, 3.63) is 35.9 Å². The van der Waals surface area contributed by atoms with Gasteiger partial charge >= 0.3 is 12.1 Å². The number of hydrogen-bond acceptors (Lipinski definition) is 6. The molecule has 1 amide bonds. The number of ether oxygens (including phenoxy) is 3. The first-order valence-corrected chi connectivity index (χ1v) is 10.4. The molecule has 8 nitrogen and oxygen atoms in total. The standard InChI is InChI=1S/C22H25N3O5/c1-22-10-4-5-13(8-9-14-11-17(26)29-18(14)19(22)30-22)12-28-21(27)25-20-23-15-6-2-3-7-16(15)24-20/h2-3,5-7,14,18-19H,4,8-12H2,1H3,(H2,23,24,25,27)/b13-5+/t14-,18-,19+,22+/m0/s1. The highest BCUT2D eigenvalue weighted by molar-refractivity contribution is 5.86. The molecule has 8 heteroatoms. The Morgan fingerprint density at radius 1 is 1.40 bits per heavy atom. The number of carbonyl (C=O) groups excluding carboxylic acids is 2. The topological polar surface area (TPSA) is 106 Å². The minimum atomic E-state index is -0.554. The van der Waals surface area contributed by atoms with E-state index >= 15 is 0 Å². The second kappa shape index (κ2) is 7.43. The monoisotopic (exact) mass is 411 g/mol. The summed E-state index contributed by atoms with van der Waals surface area (Å²) in [6.45, 7) is 2.28. The number of nitrogens with one attached hydrogen (secondary N) is 2. The first kappa shape index (κ1) is 19.1. The lowest BCUT2D eigenvalue weighted by atomic mass is 9.85. The molecule has 2 aliphatic heterocycles. The summed E-state index contributed by atoms with van der Waals surface area (Å²) < 4.78 is 16.9. The number of H-pyrrole nitrogens is 1. The second-order valence-electron chi connectivity index (χ2n) is 8.51. The number of epoxide rings is 1. The molecule has 0 radical (unpaired) electrons. The van der Waals surface area contributed by atoms with E-state index in [-0.39, 0.29) is 36.3 Å². The molecule has 1 aromatic carbocycles. The number of amides is 1. The summed E-state index contributed by atoms with van der Waals surface area (Å²) in [4.78, 5) is 31.4. The number of allylic oxidation sites excluding steroid dienone is 1. The second-order valence-corrected chi connectivity index (χ2v) is 8.51. The maximum absolute atomic E-state index is 12.2. The maximum Gasteiger partial charge on any atom is 0.414 e. The number of para-hydroxylation sites is 2. The van der Waals surface area contributed by atoms with Gasteiger partial charge in [0, 0.05) is 5.92 Å². The molecule has 2 aromatic rings. The van der Waals surface area contributed by atoms with Crippen LogP contribution in [-0.2, 0) is 19.0 Å². The molecule has 5 rings (SSSR count). The number of benzene rings is 1. The van der Waals surface area contributed by atoms with Crippen LogP contribution in [-0.4, -0.2) is 46.4 Å². The van der Waals surface area contributed by atoms with Gasteiger partial charge in [0.1, 0.15) is 18.8 Å². The summed E-state index contributed by atoms with van der Waals surface area (Å²) in [5.41, 5.74) is 2.45. The van der Waals surface area contributed by atoms with E-state index in [0.717, 1.165) is 42.3 Å². The van der Waals surface area contributed by atoms with Gasteiger partial charge < -0.3 is 19.2 Å². The third-order valence-electron chi connectivity index (χ3n) is 6.31. The third-order valence-corrected chi connectivity index (χ3v) is 6.31. The highest BCUT2D eigenvalue weighted by Crippen LogP contribution is 2.48. The van der Waals surface area contributed by atoms with Gasteiger partial charge in [0.25, 0.3) is 0 Å². The number of anilines is 1. The van der Waals surface area contributed by atoms with E-state index in [1.54, 1.807) is 0 Å². The average molecular weight is 411 g/mol. The Balaban J connectivity index is 1.20. The highest BCUT2D eigenvalue weighted by Gasteiger charge is 2.60. The quantitative estimate of drug-likeness (QED) is 0.453. The molecule has 30 heavy (non-hydrogen) atoms. The predicted octanol–water partition coefficient (Wildman–Crippen LogP) is 3.70. The van der Waals surface area contributed by atoms with Gasteiger partial charge in [0.2, 0.25) is 5.95 Å². The van der Waals surface area contributed by atoms with Crippen LogP contribution >= 0.6 is 0 Å². The summed E-state index contributed by atoms with van der Waals surface area (Å²) in [6, 6.07) is 7.55. The molecule has 0 spiro atoms. The SMILES string of the molecule is C[C@@]12CC/C=C(/COC(=O)Nc3nc4ccccc4[nH]3)CC[C@H]3CC(=O)O[C@@H]3[C@H]1O2. The molecular weight excluding hydrogens is 386 g/mol. The van der Waals surface area contributed by atoms with Crippen LogP contribution in [0, 0.1) is 5.92 Å². The van der Waals surface area contributed by atoms with Crippen molar-refractivity contribution in [2.45, 2.75) is 56.8 Å². The summed E-state index contributed by atoms with van der Waals surface area (Å²) in [5.74, 6) is 0.361. The predicted molar refractivity (Wildman–Crippen MR) is 109 cm³/mol. The van der Waals surface area contributed by atoms with Crippen LogP contribution in [0.4, 0.5) is 10.7 Å². The van der Waals surface area contributed by atoms with Crippen LogP contribution in [0.2, 0.25) is 0 Å². The van der Waals surface area contributed by atoms with Crippen molar-refractivity contribution in [3.8, 4) is 0 Å². The summed E-state index contributed by atoms with van der Waals surface area (Å²) in [6.07, 6.45) is 5.13. The number of aromatic nitrogens is 2. The molecule has 3 heterocycles. The Morgan fingerprint density at radius 2 is 2.27 bits per heavy atom. The molecule has 3 aliphatic rings. The lowest BCUT2D eigenvalue weighted by molar-refractivity contribution is -0.142. The number of hydrogen-bond donors (Lipinski definition) is 2. The van der Waals surface area contributed by atoms with Gasteiger partial charge in [-0.2, -0.15) is 0 Å². The third kappa shape index (κ3) is 3.79. The number of imidazole rings is 1. The molecule has 0 saturated carbocycles. The van der Waals surface area contributed by atoms with Crippen molar-refractivity contribution < 1.29 is 23.8 Å². The Labute approximate surface area is 174 Å². The normalized spacial score (nSPS) is 32.4. The Bertz CT molecular complexity index is 982. The van der Waals surface area contributed by atoms with Gasteiger partial charge in [0.15, 0.2) is 0 Å². The van der Waals surface area contributed by atoms with E-state index in [2.05, 4.69) is 28.3 Å². The van der Waals surface area contributed by atoms with Crippen LogP contribution in [0.25, 0.3) is 11.0 Å². The Morgan fingerprint density at radius 3 is 3.13 bits per heavy atom. The van der Waals surface area contributed by atoms with Crippen molar-refractivity contribution in [1.82, 2.24) is 9.97 Å². The molecule has 1 aliphatic carbocycles. The summed E-state index contributed by atoms with van der Waals surface area (Å²) >= 11 is 0. The fourth-order valence-corrected chi connectivity index (χ4v) is 4.54. The molecule has 2 saturated heterocycles. The summed E-state index contributed by atoms with van der Waals surface area (Å²) in [5, 5.41) is 2.64. The number of fused-ring (bicyclic) bond motifs is 4. The zero-order valence-electron chi connectivity index (χ0n) is 16.8. The van der Waals surface area contributed by atoms with E-state index < -0.39 is 6.09 Å². The number of rotatable bonds is 3. The van der Waals surface area contributed by atoms with Crippen LogP contribution in [0.1, 0.15) is 39.0 Å². The van der Waals surface area contributed by atoms with Gasteiger partial charge in [-0.05, 0) is 50.3 Å². The smallest absolute Gasteiger partial charge is 0.414 e. The van der Waals surface area contributed by atoms with Crippen molar-refractivity contribution in [1.29, 1.82) is 0 Å². The van der Waals surface area contributed by atoms with Crippen LogP contribution < -0.4 is 5.32 Å². The van der Waals surface area contributed by atoms with Crippen molar-refractivity contribution in [3.63, 3.8) is 0 Å². The number of nitrogens with zero attached hydrogens (tertiary/aromatic N) is 1. The molecule has 158 valence electrons. The highest BCUT2D eigenvalue weighted by atomic mass is 16.6. The fraction of sp³-hybridized carbons (Fsp3) is 0.500. The fourth-order valence-electron chi connectivity index (χ4n) is 4.54. The van der Waals surface area contributed by atoms with Gasteiger partial charge in [-0.1, -0.05) is 18.2 Å². The van der Waals surface area contributed by atoms with Gasteiger partial charge in [-0.25, -0.2) is 9.78 Å². The van der Waals surface area contributed by atoms with Crippen molar-refractivity contribution >= 4 is 29.0 Å². The van der Waals surface area contributed by atoms with Crippen LogP contribution in [0.15, 0.2) is 35.9 Å². The van der Waals surface area contributed by atoms with E-state index in [1.807, 2.05) is 24.3 Å². The van der Waals surface area contributed by atoms with Gasteiger partial charge in [-0.3, -0.25) is 10.1 Å². The van der Waals surface area contributed by atoms with Crippen molar-refractivity contribution in [2.24, 2.45) is 5.92 Å². The van der Waals surface area contributed by atoms with E-state index in [4.69, 9.17) is 14.2 Å². The maximum atomic E-state index is 12.2. The lowest BCUT2D eigenvalue weighted by Crippen LogP contribution is -2.28. The molecule has 1 aromatic heterocycles. The average Bonchev–Trinajstić information content (AvgIpc) is 3.04. The zero-order valence-corrected chi connectivity index (χ0v) is 16.8. The number of esters is 1. The van der Waals surface area contributed by atoms with E-state index in [0.29, 0.717) is 12.4 Å². The first-order valence-electron chi connectivity index (χ1n) is 10.4. The molecule has 2 N–H and O–H groups in total. The van der Waals surface area contributed by atoms with E-state index in [1.165, 1.54) is 0 Å². The van der Waals surface area contributed by atoms with E-state index in [9.17, 15) is 9.59 Å². The van der Waals surface area contributed by atoms with Gasteiger partial charge in [0.05, 0.1) is 23.1 Å². The minimum absolute atomic E-state index is 0.00902. The minimum Gasteiger partial charge on any atom is -0.459 e. The summed E-state index contributed by atoms with van der Waals surface area (Å²) in [7, 11) is 0. The molecular formula is C22H25N3O5. The number of carbonyl (C=O) groups is 2. The first-order chi connectivity index (χ1) is 14.5. The van der Waals surface area contributed by atoms with Crippen LogP contribution in [0.3, 0.4) is 0 Å². The Hall–Kier alpha value is -2.87. The molecule has 0 unspecified atom stereocenters. The molecule has 2 fully saturated rings. The lowest BCUT2D eigenvalue weighted by Gasteiger charge is -2.19. The van der Waals surface area contributed by atoms with Crippen LogP contribution in [0.5, 0.6) is 0 Å². The largest absolute Gasteiger partial charge is 0.459 e.